The zero-order chi connectivity index (χ0) is 12.4. The number of hydrogen-bond acceptors (Lipinski definition) is 4. The Morgan fingerprint density at radius 1 is 1.28 bits per heavy atom. The Hall–Kier alpha value is -0.970. The molecule has 0 unspecified atom stereocenters. The first-order valence-corrected chi connectivity index (χ1v) is 6.64. The lowest BCUT2D eigenvalue weighted by molar-refractivity contribution is 0.0334. The van der Waals surface area contributed by atoms with Crippen LogP contribution in [-0.2, 0) is 24.2 Å². The predicted molar refractivity (Wildman–Crippen MR) is 69.8 cm³/mol. The van der Waals surface area contributed by atoms with E-state index in [9.17, 15) is 0 Å². The fraction of sp³-hybridized carbons (Fsp3) is 0.571. The molecule has 1 saturated heterocycles. The molecule has 1 fully saturated rings. The van der Waals surface area contributed by atoms with Gasteiger partial charge in [-0.3, -0.25) is 16.9 Å². The smallest absolute Gasteiger partial charge is 0.0594 e. The molecule has 0 saturated carbocycles. The van der Waals surface area contributed by atoms with Crippen LogP contribution in [0.25, 0.3) is 0 Å². The highest BCUT2D eigenvalue weighted by molar-refractivity contribution is 5.32. The Morgan fingerprint density at radius 3 is 2.94 bits per heavy atom. The van der Waals surface area contributed by atoms with Gasteiger partial charge in [-0.25, -0.2) is 0 Å². The summed E-state index contributed by atoms with van der Waals surface area (Å²) in [5.41, 5.74) is 4.10. The molecule has 2 aliphatic rings. The Morgan fingerprint density at radius 2 is 2.11 bits per heavy atom. The molecule has 4 heteroatoms. The van der Waals surface area contributed by atoms with E-state index in [-0.39, 0.29) is 0 Å². The lowest BCUT2D eigenvalue weighted by Crippen LogP contribution is -2.36. The second-order valence-electron chi connectivity index (χ2n) is 5.09. The average Bonchev–Trinajstić information content (AvgIpc) is 2.40. The highest BCUT2D eigenvalue weighted by Gasteiger charge is 2.18. The van der Waals surface area contributed by atoms with Crippen molar-refractivity contribution in [3.8, 4) is 0 Å². The summed E-state index contributed by atoms with van der Waals surface area (Å²) in [4.78, 5) is 9.15. The summed E-state index contributed by atoms with van der Waals surface area (Å²) in [5, 5.41) is 0. The van der Waals surface area contributed by atoms with Crippen LogP contribution in [0.2, 0.25) is 0 Å². The van der Waals surface area contributed by atoms with Crippen LogP contribution in [0.4, 0.5) is 0 Å². The zero-order valence-electron chi connectivity index (χ0n) is 10.8. The fourth-order valence-electron chi connectivity index (χ4n) is 2.73. The van der Waals surface area contributed by atoms with E-state index in [1.807, 2.05) is 6.20 Å². The summed E-state index contributed by atoms with van der Waals surface area (Å²) < 4.78 is 5.39. The van der Waals surface area contributed by atoms with Crippen LogP contribution in [0.3, 0.4) is 0 Å². The maximum absolute atomic E-state index is 5.39. The van der Waals surface area contributed by atoms with E-state index in [1.54, 1.807) is 0 Å². The molecule has 0 N–H and O–H groups in total. The number of rotatable bonds is 2. The van der Waals surface area contributed by atoms with Gasteiger partial charge >= 0.3 is 0 Å². The van der Waals surface area contributed by atoms with Crippen molar-refractivity contribution >= 4 is 0 Å². The molecular formula is C14H20N3O-. The van der Waals surface area contributed by atoms with E-state index < -0.39 is 0 Å². The van der Waals surface area contributed by atoms with Crippen molar-refractivity contribution in [1.82, 2.24) is 14.8 Å². The molecule has 98 valence electrons. The van der Waals surface area contributed by atoms with Crippen molar-refractivity contribution in [1.29, 1.82) is 0 Å². The van der Waals surface area contributed by atoms with Crippen LogP contribution >= 0.6 is 0 Å². The third-order valence-electron chi connectivity index (χ3n) is 3.79. The molecule has 1 aromatic heterocycles. The Balaban J connectivity index is 1.77. The first kappa shape index (κ1) is 12.1. The van der Waals surface area contributed by atoms with Gasteiger partial charge in [-0.1, -0.05) is 0 Å². The summed E-state index contributed by atoms with van der Waals surface area (Å²) in [6.07, 6.45) is 3.01. The largest absolute Gasteiger partial charge is 0.455 e. The highest BCUT2D eigenvalue weighted by Crippen LogP contribution is 2.21. The SMILES string of the molecule is [CH2-]N1CCc2c(ccnc2CN2CCOCC2)C1. The van der Waals surface area contributed by atoms with E-state index in [4.69, 9.17) is 4.74 Å². The third-order valence-corrected chi connectivity index (χ3v) is 3.79. The molecular weight excluding hydrogens is 226 g/mol. The molecule has 3 heterocycles. The van der Waals surface area contributed by atoms with Gasteiger partial charge in [0.05, 0.1) is 18.9 Å². The van der Waals surface area contributed by atoms with Gasteiger partial charge in [0.25, 0.3) is 0 Å². The van der Waals surface area contributed by atoms with Crippen LogP contribution in [0.15, 0.2) is 12.3 Å². The van der Waals surface area contributed by atoms with Gasteiger partial charge in [0.15, 0.2) is 0 Å². The quantitative estimate of drug-likeness (QED) is 0.730. The number of aromatic nitrogens is 1. The molecule has 0 aliphatic carbocycles. The van der Waals surface area contributed by atoms with Crippen molar-refractivity contribution in [3.63, 3.8) is 0 Å². The zero-order valence-corrected chi connectivity index (χ0v) is 10.8. The summed E-state index contributed by atoms with van der Waals surface area (Å²) in [6, 6.07) is 2.13. The van der Waals surface area contributed by atoms with Gasteiger partial charge < -0.3 is 9.64 Å². The summed E-state index contributed by atoms with van der Waals surface area (Å²) >= 11 is 0. The fourth-order valence-corrected chi connectivity index (χ4v) is 2.73. The molecule has 0 amide bonds. The van der Waals surface area contributed by atoms with Crippen molar-refractivity contribution in [3.05, 3.63) is 36.1 Å². The number of pyridine rings is 1. The lowest BCUT2D eigenvalue weighted by atomic mass is 9.98. The van der Waals surface area contributed by atoms with Gasteiger partial charge in [0.1, 0.15) is 0 Å². The van der Waals surface area contributed by atoms with E-state index in [1.165, 1.54) is 16.8 Å². The molecule has 1 aromatic rings. The molecule has 0 radical (unpaired) electrons. The standard InChI is InChI=1S/C14H20N3O/c1-16-5-3-13-12(10-16)2-4-15-14(13)11-17-6-8-18-9-7-17/h2,4H,1,3,5-11H2/q-1. The van der Waals surface area contributed by atoms with Crippen molar-refractivity contribution in [2.45, 2.75) is 19.5 Å². The Kier molecular flexibility index (Phi) is 3.59. The first-order valence-electron chi connectivity index (χ1n) is 6.64. The van der Waals surface area contributed by atoms with Crippen molar-refractivity contribution in [2.24, 2.45) is 0 Å². The summed E-state index contributed by atoms with van der Waals surface area (Å²) in [7, 11) is 4.03. The number of ether oxygens (including phenoxy) is 1. The maximum atomic E-state index is 5.39. The van der Waals surface area contributed by atoms with Crippen LogP contribution in [0, 0.1) is 7.05 Å². The van der Waals surface area contributed by atoms with Gasteiger partial charge in [-0.15, -0.1) is 0 Å². The van der Waals surface area contributed by atoms with Gasteiger partial charge in [0.2, 0.25) is 0 Å². The molecule has 4 nitrogen and oxygen atoms in total. The van der Waals surface area contributed by atoms with E-state index in [2.05, 4.69) is 27.9 Å². The molecule has 2 aliphatic heterocycles. The summed E-state index contributed by atoms with van der Waals surface area (Å²) in [6.45, 7) is 6.69. The second-order valence-corrected chi connectivity index (χ2v) is 5.09. The maximum Gasteiger partial charge on any atom is 0.0594 e. The van der Waals surface area contributed by atoms with E-state index in [0.717, 1.165) is 52.4 Å². The van der Waals surface area contributed by atoms with Gasteiger partial charge in [-0.05, 0) is 36.7 Å². The molecule has 0 atom stereocenters. The van der Waals surface area contributed by atoms with Crippen LogP contribution in [0.1, 0.15) is 16.8 Å². The van der Waals surface area contributed by atoms with Gasteiger partial charge in [0, 0.05) is 25.8 Å². The van der Waals surface area contributed by atoms with E-state index >= 15 is 0 Å². The summed E-state index contributed by atoms with van der Waals surface area (Å²) in [5.74, 6) is 0. The Bertz CT molecular complexity index is 416. The third kappa shape index (κ3) is 2.55. The minimum absolute atomic E-state index is 0.849. The minimum atomic E-state index is 0.849. The second kappa shape index (κ2) is 5.34. The molecule has 0 aromatic carbocycles. The average molecular weight is 246 g/mol. The van der Waals surface area contributed by atoms with Gasteiger partial charge in [-0.2, -0.15) is 0 Å². The van der Waals surface area contributed by atoms with Crippen LogP contribution in [-0.4, -0.2) is 47.6 Å². The minimum Gasteiger partial charge on any atom is -0.455 e. The van der Waals surface area contributed by atoms with Crippen LogP contribution < -0.4 is 0 Å². The monoisotopic (exact) mass is 246 g/mol. The van der Waals surface area contributed by atoms with Crippen molar-refractivity contribution < 1.29 is 4.74 Å². The highest BCUT2D eigenvalue weighted by atomic mass is 16.5. The Labute approximate surface area is 109 Å². The predicted octanol–water partition coefficient (Wildman–Crippen LogP) is 1.06. The lowest BCUT2D eigenvalue weighted by Gasteiger charge is -2.33. The topological polar surface area (TPSA) is 28.6 Å². The van der Waals surface area contributed by atoms with E-state index in [0.29, 0.717) is 0 Å². The number of morpholine rings is 1. The molecule has 18 heavy (non-hydrogen) atoms. The number of fused-ring (bicyclic) bond motifs is 1. The molecule has 3 rings (SSSR count). The normalized spacial score (nSPS) is 21.8. The number of hydrogen-bond donors (Lipinski definition) is 0. The molecule has 0 bridgehead atoms. The van der Waals surface area contributed by atoms with Crippen molar-refractivity contribution in [2.75, 3.05) is 32.8 Å². The number of nitrogens with zero attached hydrogens (tertiary/aromatic N) is 3. The first-order chi connectivity index (χ1) is 8.83. The molecule has 0 spiro atoms. The van der Waals surface area contributed by atoms with Crippen LogP contribution in [0.5, 0.6) is 0 Å².